The van der Waals surface area contributed by atoms with Crippen molar-refractivity contribution in [1.82, 2.24) is 10.2 Å². The lowest BCUT2D eigenvalue weighted by molar-refractivity contribution is -0.122. The number of nitrogens with zero attached hydrogens (tertiary/aromatic N) is 2. The minimum absolute atomic E-state index is 0.246. The average molecular weight is 490 g/mol. The molecule has 0 aliphatic carbocycles. The van der Waals surface area contributed by atoms with Crippen LogP contribution in [-0.2, 0) is 27.9 Å². The van der Waals surface area contributed by atoms with Crippen molar-refractivity contribution in [3.05, 3.63) is 53.6 Å². The third kappa shape index (κ3) is 6.64. The molecular weight excluding hydrogens is 454 g/mol. The molecule has 9 heteroatoms. The van der Waals surface area contributed by atoms with Gasteiger partial charge in [-0.1, -0.05) is 30.7 Å². The maximum absolute atomic E-state index is 13.0. The Morgan fingerprint density at radius 1 is 1.06 bits per heavy atom. The van der Waals surface area contributed by atoms with Crippen LogP contribution in [0, 0.1) is 0 Å². The summed E-state index contributed by atoms with van der Waals surface area (Å²) in [6.07, 6.45) is 4.84. The molecule has 1 N–H and O–H groups in total. The lowest BCUT2D eigenvalue weighted by atomic mass is 10.1. The van der Waals surface area contributed by atoms with Crippen molar-refractivity contribution in [1.29, 1.82) is 0 Å². The number of anilines is 1. The van der Waals surface area contributed by atoms with Crippen molar-refractivity contribution in [2.24, 2.45) is 0 Å². The summed E-state index contributed by atoms with van der Waals surface area (Å²) in [6, 6.07) is 12.0. The Balaban J connectivity index is 1.73. The van der Waals surface area contributed by atoms with E-state index in [1.165, 1.54) is 39.0 Å². The fourth-order valence-corrected chi connectivity index (χ4v) is 5.47. The highest BCUT2D eigenvalue weighted by Gasteiger charge is 2.31. The summed E-state index contributed by atoms with van der Waals surface area (Å²) in [5, 5.41) is 2.89. The Morgan fingerprint density at radius 2 is 1.76 bits per heavy atom. The zero-order chi connectivity index (χ0) is 24.7. The molecule has 1 amide bonds. The first-order valence-electron chi connectivity index (χ1n) is 11.5. The molecule has 186 valence electrons. The van der Waals surface area contributed by atoms with E-state index in [4.69, 9.17) is 9.47 Å². The summed E-state index contributed by atoms with van der Waals surface area (Å²) in [5.41, 5.74) is 2.43. The molecule has 1 saturated heterocycles. The van der Waals surface area contributed by atoms with Gasteiger partial charge < -0.3 is 14.8 Å². The van der Waals surface area contributed by atoms with Gasteiger partial charge in [0.15, 0.2) is 0 Å². The van der Waals surface area contributed by atoms with Crippen molar-refractivity contribution >= 4 is 21.6 Å². The molecule has 0 spiro atoms. The number of carbonyl (C=O) groups is 1. The zero-order valence-corrected chi connectivity index (χ0v) is 21.2. The lowest BCUT2D eigenvalue weighted by Crippen LogP contribution is -2.47. The van der Waals surface area contributed by atoms with E-state index in [0.29, 0.717) is 18.0 Å². The SMILES string of the molecule is COc1ccc(OC)c(N([C@@H](C)C(=O)NCc2cccc(CN3CCCCC3)c2)S(C)(=O)=O)c1. The third-order valence-corrected chi connectivity index (χ3v) is 7.25. The summed E-state index contributed by atoms with van der Waals surface area (Å²) in [6.45, 7) is 5.00. The van der Waals surface area contributed by atoms with Gasteiger partial charge in [-0.25, -0.2) is 8.42 Å². The number of amides is 1. The van der Waals surface area contributed by atoms with Gasteiger partial charge in [0.1, 0.15) is 17.5 Å². The number of likely N-dealkylation sites (tertiary alicyclic amines) is 1. The van der Waals surface area contributed by atoms with E-state index in [1.807, 2.05) is 12.1 Å². The minimum Gasteiger partial charge on any atom is -0.497 e. The molecule has 1 atom stereocenters. The van der Waals surface area contributed by atoms with Gasteiger partial charge in [0, 0.05) is 19.2 Å². The second-order valence-electron chi connectivity index (χ2n) is 8.65. The average Bonchev–Trinajstić information content (AvgIpc) is 2.82. The number of rotatable bonds is 10. The molecule has 2 aromatic rings. The van der Waals surface area contributed by atoms with Crippen LogP contribution in [0.1, 0.15) is 37.3 Å². The zero-order valence-electron chi connectivity index (χ0n) is 20.4. The Hall–Kier alpha value is -2.78. The number of piperidine rings is 1. The van der Waals surface area contributed by atoms with Crippen molar-refractivity contribution < 1.29 is 22.7 Å². The van der Waals surface area contributed by atoms with Gasteiger partial charge in [-0.3, -0.25) is 14.0 Å². The topological polar surface area (TPSA) is 88.2 Å². The molecule has 0 radical (unpaired) electrons. The fraction of sp³-hybridized carbons (Fsp3) is 0.480. The Bertz CT molecular complexity index is 1080. The Labute approximate surface area is 202 Å². The van der Waals surface area contributed by atoms with E-state index >= 15 is 0 Å². The molecule has 0 bridgehead atoms. The van der Waals surface area contributed by atoms with Crippen LogP contribution in [0.2, 0.25) is 0 Å². The summed E-state index contributed by atoms with van der Waals surface area (Å²) < 4.78 is 37.1. The van der Waals surface area contributed by atoms with Crippen LogP contribution in [0.3, 0.4) is 0 Å². The number of hydrogen-bond donors (Lipinski definition) is 1. The largest absolute Gasteiger partial charge is 0.497 e. The first kappa shape index (κ1) is 25.8. The van der Waals surface area contributed by atoms with Crippen molar-refractivity contribution in [3.63, 3.8) is 0 Å². The molecule has 0 unspecified atom stereocenters. The number of sulfonamides is 1. The van der Waals surface area contributed by atoms with Crippen LogP contribution in [-0.4, -0.2) is 58.8 Å². The van der Waals surface area contributed by atoms with Crippen LogP contribution >= 0.6 is 0 Å². The highest BCUT2D eigenvalue weighted by atomic mass is 32.2. The summed E-state index contributed by atoms with van der Waals surface area (Å²) in [7, 11) is -0.851. The van der Waals surface area contributed by atoms with Crippen molar-refractivity contribution in [3.8, 4) is 11.5 Å². The van der Waals surface area contributed by atoms with Gasteiger partial charge in [-0.15, -0.1) is 0 Å². The predicted octanol–water partition coefficient (Wildman–Crippen LogP) is 3.16. The van der Waals surface area contributed by atoms with Gasteiger partial charge in [0.25, 0.3) is 0 Å². The molecule has 8 nitrogen and oxygen atoms in total. The number of carbonyl (C=O) groups excluding carboxylic acids is 1. The van der Waals surface area contributed by atoms with Crippen molar-refractivity contribution in [2.75, 3.05) is 37.9 Å². The third-order valence-electron chi connectivity index (χ3n) is 6.02. The molecule has 1 aliphatic rings. The first-order chi connectivity index (χ1) is 16.2. The Kier molecular flexibility index (Phi) is 8.79. The number of methoxy groups -OCH3 is 2. The van der Waals surface area contributed by atoms with Gasteiger partial charge in [-0.05, 0) is 56.1 Å². The Morgan fingerprint density at radius 3 is 2.41 bits per heavy atom. The monoisotopic (exact) mass is 489 g/mol. The van der Waals surface area contributed by atoms with E-state index in [1.54, 1.807) is 25.1 Å². The standard InChI is InChI=1S/C25H35N3O5S/c1-19(28(34(4,30)31)23-16-22(32-2)11-12-24(23)33-3)25(29)26-17-20-9-8-10-21(15-20)18-27-13-6-5-7-14-27/h8-12,15-16,19H,5-7,13-14,17-18H2,1-4H3,(H,26,29)/t19-/m0/s1. The maximum atomic E-state index is 13.0. The summed E-state index contributed by atoms with van der Waals surface area (Å²) >= 11 is 0. The number of hydrogen-bond acceptors (Lipinski definition) is 6. The van der Waals surface area contributed by atoms with Crippen LogP contribution in [0.5, 0.6) is 11.5 Å². The molecular formula is C25H35N3O5S. The van der Waals surface area contributed by atoms with E-state index < -0.39 is 22.0 Å². The molecule has 34 heavy (non-hydrogen) atoms. The number of nitrogens with one attached hydrogen (secondary N) is 1. The van der Waals surface area contributed by atoms with Crippen LogP contribution in [0.4, 0.5) is 5.69 Å². The van der Waals surface area contributed by atoms with Crippen LogP contribution in [0.15, 0.2) is 42.5 Å². The molecule has 0 saturated carbocycles. The lowest BCUT2D eigenvalue weighted by Gasteiger charge is -2.29. The molecule has 2 aromatic carbocycles. The van der Waals surface area contributed by atoms with Gasteiger partial charge in [0.2, 0.25) is 15.9 Å². The summed E-state index contributed by atoms with van der Waals surface area (Å²) in [4.78, 5) is 15.5. The predicted molar refractivity (Wildman–Crippen MR) is 134 cm³/mol. The van der Waals surface area contributed by atoms with Crippen LogP contribution < -0.4 is 19.1 Å². The van der Waals surface area contributed by atoms with E-state index in [-0.39, 0.29) is 5.69 Å². The van der Waals surface area contributed by atoms with Crippen molar-refractivity contribution in [2.45, 2.75) is 45.3 Å². The number of ether oxygens (including phenoxy) is 2. The first-order valence-corrected chi connectivity index (χ1v) is 13.4. The maximum Gasteiger partial charge on any atom is 0.243 e. The molecule has 1 aliphatic heterocycles. The highest BCUT2D eigenvalue weighted by molar-refractivity contribution is 7.92. The summed E-state index contributed by atoms with van der Waals surface area (Å²) in [5.74, 6) is 0.385. The second-order valence-corrected chi connectivity index (χ2v) is 10.5. The second kappa shape index (κ2) is 11.6. The molecule has 1 fully saturated rings. The normalized spacial score (nSPS) is 15.4. The van der Waals surface area contributed by atoms with E-state index in [0.717, 1.165) is 35.8 Å². The minimum atomic E-state index is -3.79. The number of benzene rings is 2. The fourth-order valence-electron chi connectivity index (χ4n) is 4.30. The molecule has 0 aromatic heterocycles. The highest BCUT2D eigenvalue weighted by Crippen LogP contribution is 2.35. The van der Waals surface area contributed by atoms with E-state index in [2.05, 4.69) is 22.3 Å². The van der Waals surface area contributed by atoms with Gasteiger partial charge >= 0.3 is 0 Å². The quantitative estimate of drug-likeness (QED) is 0.552. The molecule has 3 rings (SSSR count). The van der Waals surface area contributed by atoms with E-state index in [9.17, 15) is 13.2 Å². The van der Waals surface area contributed by atoms with Gasteiger partial charge in [-0.2, -0.15) is 0 Å². The molecule has 1 heterocycles. The smallest absolute Gasteiger partial charge is 0.243 e. The van der Waals surface area contributed by atoms with Gasteiger partial charge in [0.05, 0.1) is 26.2 Å². The van der Waals surface area contributed by atoms with Crippen LogP contribution in [0.25, 0.3) is 0 Å².